The van der Waals surface area contributed by atoms with Crippen LogP contribution in [-0.4, -0.2) is 44.0 Å². The monoisotopic (exact) mass is 777 g/mol. The van der Waals surface area contributed by atoms with E-state index < -0.39 is 33.6 Å². The molecule has 3 aromatic carbocycles. The SMILES string of the molecule is CCc1c(C[C@H]2CC[C@H](NC(=O)n3c(-c4ccnn4-c4ccc(C#N)cc4)c(C)n(-c4cccc(C(F)(F)F)c4)c3=O)CC2)cc(S(=O)(=O)O)c(C)c1C.N. The lowest BCUT2D eigenvalue weighted by Crippen LogP contribution is -2.44. The van der Waals surface area contributed by atoms with E-state index in [9.17, 15) is 41.0 Å². The molecule has 6 rings (SSSR count). The van der Waals surface area contributed by atoms with Crippen LogP contribution in [-0.2, 0) is 29.1 Å². The van der Waals surface area contributed by atoms with Gasteiger partial charge in [-0.1, -0.05) is 13.0 Å². The Bertz CT molecular complexity index is 2450. The second-order valence-electron chi connectivity index (χ2n) is 13.7. The number of hydrogen-bond donors (Lipinski definition) is 3. The van der Waals surface area contributed by atoms with Gasteiger partial charge in [0.25, 0.3) is 10.1 Å². The van der Waals surface area contributed by atoms with Gasteiger partial charge in [-0.2, -0.15) is 31.9 Å². The van der Waals surface area contributed by atoms with Crippen LogP contribution in [0.15, 0.2) is 76.6 Å². The Morgan fingerprint density at radius 1 is 1.00 bits per heavy atom. The van der Waals surface area contributed by atoms with Gasteiger partial charge in [-0.15, -0.1) is 0 Å². The molecule has 1 aliphatic rings. The number of aromatic nitrogens is 4. The summed E-state index contributed by atoms with van der Waals surface area (Å²) in [5.74, 6) is 0.170. The average molecular weight is 778 g/mol. The Hall–Kier alpha value is -5.50. The molecule has 0 bridgehead atoms. The van der Waals surface area contributed by atoms with Crippen molar-refractivity contribution in [2.45, 2.75) is 83.3 Å². The first-order valence-corrected chi connectivity index (χ1v) is 18.9. The van der Waals surface area contributed by atoms with Crippen molar-refractivity contribution < 1.29 is 30.9 Å². The van der Waals surface area contributed by atoms with Crippen molar-refractivity contribution in [1.82, 2.24) is 30.4 Å². The second kappa shape index (κ2) is 15.7. The molecule has 16 heteroatoms. The molecule has 1 saturated carbocycles. The lowest BCUT2D eigenvalue weighted by Gasteiger charge is -2.30. The number of amides is 1. The molecule has 0 saturated heterocycles. The Balaban J connectivity index is 0.00000580. The molecule has 2 aromatic heterocycles. The summed E-state index contributed by atoms with van der Waals surface area (Å²) in [5, 5.41) is 16.7. The number of carbonyl (C=O) groups excluding carboxylic acids is 1. The van der Waals surface area contributed by atoms with E-state index in [1.165, 1.54) is 23.0 Å². The fourth-order valence-electron chi connectivity index (χ4n) is 7.60. The molecule has 1 fully saturated rings. The number of carbonyl (C=O) groups is 1. The van der Waals surface area contributed by atoms with Gasteiger partial charge >= 0.3 is 17.9 Å². The Morgan fingerprint density at radius 3 is 2.27 bits per heavy atom. The molecule has 12 nitrogen and oxygen atoms in total. The van der Waals surface area contributed by atoms with E-state index in [2.05, 4.69) is 16.5 Å². The van der Waals surface area contributed by atoms with Crippen LogP contribution in [0.25, 0.3) is 22.8 Å². The van der Waals surface area contributed by atoms with Gasteiger partial charge in [-0.25, -0.2) is 18.8 Å². The largest absolute Gasteiger partial charge is 0.416 e. The summed E-state index contributed by atoms with van der Waals surface area (Å²) in [6.45, 7) is 7.09. The third-order valence-electron chi connectivity index (χ3n) is 10.4. The van der Waals surface area contributed by atoms with Crippen LogP contribution < -0.4 is 17.2 Å². The van der Waals surface area contributed by atoms with Crippen molar-refractivity contribution in [3.05, 3.63) is 116 Å². The van der Waals surface area contributed by atoms with Crippen LogP contribution in [0.5, 0.6) is 0 Å². The van der Waals surface area contributed by atoms with Gasteiger partial charge < -0.3 is 11.5 Å². The predicted molar refractivity (Wildman–Crippen MR) is 201 cm³/mol. The molecule has 2 heterocycles. The highest BCUT2D eigenvalue weighted by atomic mass is 32.2. The highest BCUT2D eigenvalue weighted by molar-refractivity contribution is 7.85. The van der Waals surface area contributed by atoms with E-state index >= 15 is 0 Å². The third kappa shape index (κ3) is 8.00. The first-order chi connectivity index (χ1) is 25.5. The lowest BCUT2D eigenvalue weighted by atomic mass is 9.80. The molecule has 5 N–H and O–H groups in total. The van der Waals surface area contributed by atoms with Gasteiger partial charge in [0, 0.05) is 6.04 Å². The van der Waals surface area contributed by atoms with Gasteiger partial charge in [0.2, 0.25) is 0 Å². The summed E-state index contributed by atoms with van der Waals surface area (Å²) in [4.78, 5) is 28.3. The molecule has 290 valence electrons. The maximum Gasteiger partial charge on any atom is 0.416 e. The minimum Gasteiger partial charge on any atom is -0.344 e. The number of halogens is 3. The summed E-state index contributed by atoms with van der Waals surface area (Å²) in [7, 11) is -4.41. The Morgan fingerprint density at radius 2 is 1.67 bits per heavy atom. The maximum atomic E-state index is 14.2. The summed E-state index contributed by atoms with van der Waals surface area (Å²) in [6.07, 6.45) is 0.608. The number of nitrogens with one attached hydrogen (secondary N) is 1. The van der Waals surface area contributed by atoms with Crippen molar-refractivity contribution in [2.24, 2.45) is 5.92 Å². The zero-order valence-corrected chi connectivity index (χ0v) is 31.6. The van der Waals surface area contributed by atoms with Crippen molar-refractivity contribution in [3.8, 4) is 28.8 Å². The van der Waals surface area contributed by atoms with E-state index in [0.717, 1.165) is 38.0 Å². The van der Waals surface area contributed by atoms with Crippen molar-refractivity contribution in [1.29, 1.82) is 5.26 Å². The molecular formula is C39H42F3N7O5S. The molecule has 1 aliphatic carbocycles. The fraction of sp³-hybridized carbons (Fsp3) is 0.333. The summed E-state index contributed by atoms with van der Waals surface area (Å²) < 4.78 is 78.8. The van der Waals surface area contributed by atoms with Crippen molar-refractivity contribution in [2.75, 3.05) is 0 Å². The lowest BCUT2D eigenvalue weighted by molar-refractivity contribution is -0.137. The van der Waals surface area contributed by atoms with E-state index in [1.54, 1.807) is 50.2 Å². The minimum absolute atomic E-state index is 0. The number of hydrogen-bond acceptors (Lipinski definition) is 7. The second-order valence-corrected chi connectivity index (χ2v) is 15.1. The molecule has 0 atom stereocenters. The minimum atomic E-state index is -4.67. The average Bonchev–Trinajstić information content (AvgIpc) is 3.71. The van der Waals surface area contributed by atoms with E-state index in [-0.39, 0.29) is 40.1 Å². The molecular weight excluding hydrogens is 736 g/mol. The van der Waals surface area contributed by atoms with Gasteiger partial charge in [0.15, 0.2) is 0 Å². The van der Waals surface area contributed by atoms with Crippen LogP contribution in [0.4, 0.5) is 18.0 Å². The highest BCUT2D eigenvalue weighted by Crippen LogP contribution is 2.34. The van der Waals surface area contributed by atoms with Gasteiger partial charge in [-0.05, 0) is 142 Å². The number of nitrogens with zero attached hydrogens (tertiary/aromatic N) is 5. The van der Waals surface area contributed by atoms with Gasteiger partial charge in [-0.3, -0.25) is 9.12 Å². The van der Waals surface area contributed by atoms with E-state index in [1.807, 2.05) is 13.8 Å². The van der Waals surface area contributed by atoms with Crippen LogP contribution in [0.3, 0.4) is 0 Å². The van der Waals surface area contributed by atoms with Crippen LogP contribution >= 0.6 is 0 Å². The highest BCUT2D eigenvalue weighted by Gasteiger charge is 2.33. The third-order valence-corrected chi connectivity index (χ3v) is 11.4. The Kier molecular flexibility index (Phi) is 11.6. The molecule has 0 spiro atoms. The number of nitriles is 1. The molecule has 0 unspecified atom stereocenters. The zero-order chi connectivity index (χ0) is 39.1. The fourth-order valence-corrected chi connectivity index (χ4v) is 8.43. The molecule has 0 aliphatic heterocycles. The Labute approximate surface area is 316 Å². The van der Waals surface area contributed by atoms with E-state index in [0.29, 0.717) is 61.0 Å². The summed E-state index contributed by atoms with van der Waals surface area (Å²) in [5.41, 5.74) is 2.97. The number of imidazole rings is 1. The first kappa shape index (κ1) is 40.7. The molecule has 0 radical (unpaired) electrons. The van der Waals surface area contributed by atoms with Crippen LogP contribution in [0.2, 0.25) is 0 Å². The van der Waals surface area contributed by atoms with Crippen molar-refractivity contribution in [3.63, 3.8) is 0 Å². The van der Waals surface area contributed by atoms with Crippen LogP contribution in [0, 0.1) is 38.0 Å². The number of alkyl halides is 3. The summed E-state index contributed by atoms with van der Waals surface area (Å²) >= 11 is 0. The quantitative estimate of drug-likeness (QED) is 0.134. The topological polar surface area (TPSA) is 187 Å². The van der Waals surface area contributed by atoms with Crippen LogP contribution in [0.1, 0.15) is 71.7 Å². The molecule has 55 heavy (non-hydrogen) atoms. The van der Waals surface area contributed by atoms with Gasteiger partial charge in [0.1, 0.15) is 5.69 Å². The van der Waals surface area contributed by atoms with E-state index in [4.69, 9.17) is 0 Å². The molecule has 1 amide bonds. The number of rotatable bonds is 8. The normalized spacial score (nSPS) is 16.0. The maximum absolute atomic E-state index is 14.2. The van der Waals surface area contributed by atoms with Crippen molar-refractivity contribution >= 4 is 16.1 Å². The zero-order valence-electron chi connectivity index (χ0n) is 30.8. The predicted octanol–water partition coefficient (Wildman–Crippen LogP) is 7.64. The standard InChI is InChI=1S/C39H39F3N6O5S.H3N/c1-5-33-23(2)24(3)35(54(51,52)53)20-28(33)19-26-9-13-30(14-10-26)45-37(49)47-36(34-17-18-44-48(34)31-15-11-27(22-43)12-16-31)25(4)46(38(47)50)32-8-6-7-29(21-32)39(40,41)42;/h6-8,11-12,15-18,20-21,26,30H,5,9-10,13-14,19H2,1-4H3,(H,45,49)(H,51,52,53);1H3/t26-,30-;. The molecule has 5 aromatic rings. The first-order valence-electron chi connectivity index (χ1n) is 17.5. The number of benzene rings is 3. The smallest absolute Gasteiger partial charge is 0.344 e. The van der Waals surface area contributed by atoms with Gasteiger partial charge in [0.05, 0.1) is 51.1 Å². The summed E-state index contributed by atoms with van der Waals surface area (Å²) in [6, 6.07) is 15.0.